The molecule has 2 fully saturated rings. The minimum atomic E-state index is -0.261. The van der Waals surface area contributed by atoms with Crippen LogP contribution in [0.3, 0.4) is 0 Å². The van der Waals surface area contributed by atoms with Gasteiger partial charge in [0.05, 0.1) is 24.2 Å². The molecule has 0 spiro atoms. The molecule has 0 radical (unpaired) electrons. The minimum Gasteiger partial charge on any atom is -0.211 e. The summed E-state index contributed by atoms with van der Waals surface area (Å²) in [6.07, 6.45) is 9.81. The molecule has 8 nitrogen and oxygen atoms in total. The van der Waals surface area contributed by atoms with Crippen molar-refractivity contribution in [1.82, 2.24) is 0 Å². The topological polar surface area (TPSA) is 118 Å². The molecule has 0 N–H and O–H groups in total. The van der Waals surface area contributed by atoms with Gasteiger partial charge in [0.2, 0.25) is 24.3 Å². The van der Waals surface area contributed by atoms with E-state index in [1.54, 1.807) is 24.3 Å². The Morgan fingerprint density at radius 2 is 0.926 bits per heavy atom. The molecule has 2 aliphatic carbocycles. The monoisotopic (exact) mass is 372 g/mol. The summed E-state index contributed by atoms with van der Waals surface area (Å²) in [5, 5.41) is 0. The molecule has 0 aliphatic heterocycles. The van der Waals surface area contributed by atoms with Crippen LogP contribution in [0.5, 0.6) is 0 Å². The van der Waals surface area contributed by atoms with Crippen LogP contribution in [0.15, 0.2) is 20.0 Å². The largest absolute Gasteiger partial charge is 0.235 e. The van der Waals surface area contributed by atoms with Crippen LogP contribution in [0, 0.1) is 23.7 Å². The van der Waals surface area contributed by atoms with Crippen LogP contribution < -0.4 is 0 Å². The van der Waals surface area contributed by atoms with Crippen LogP contribution in [0.25, 0.3) is 0 Å². The second-order valence-corrected chi connectivity index (χ2v) is 7.80. The van der Waals surface area contributed by atoms with Gasteiger partial charge in [-0.25, -0.2) is 39.1 Å². The predicted octanol–water partition coefficient (Wildman–Crippen LogP) is 2.29. The highest BCUT2D eigenvalue weighted by Gasteiger charge is 2.41. The summed E-state index contributed by atoms with van der Waals surface area (Å²) in [5.41, 5.74) is 0. The summed E-state index contributed by atoms with van der Waals surface area (Å²) in [6.45, 7) is 4.05. The van der Waals surface area contributed by atoms with Crippen LogP contribution >= 0.6 is 0 Å². The molecule has 2 saturated carbocycles. The molecular formula is C19H24N4O4. The van der Waals surface area contributed by atoms with Gasteiger partial charge in [-0.3, -0.25) is 0 Å². The predicted molar refractivity (Wildman–Crippen MR) is 96.0 cm³/mol. The van der Waals surface area contributed by atoms with Crippen LogP contribution in [0.2, 0.25) is 0 Å². The number of hydrogen-bond donors (Lipinski definition) is 0. The van der Waals surface area contributed by atoms with Crippen molar-refractivity contribution in [3.05, 3.63) is 0 Å². The molecule has 144 valence electrons. The van der Waals surface area contributed by atoms with Crippen molar-refractivity contribution < 1.29 is 19.2 Å². The first-order chi connectivity index (χ1) is 13.0. The average Bonchev–Trinajstić information content (AvgIpc) is 2.63. The van der Waals surface area contributed by atoms with E-state index in [0.717, 1.165) is 19.3 Å². The average molecular weight is 372 g/mol. The molecule has 2 rings (SSSR count). The second kappa shape index (κ2) is 10.0. The van der Waals surface area contributed by atoms with E-state index in [1.807, 2.05) is 13.8 Å². The number of carbonyl (C=O) groups excluding carboxylic acids is 4. The van der Waals surface area contributed by atoms with Crippen LogP contribution in [-0.4, -0.2) is 48.5 Å². The van der Waals surface area contributed by atoms with Crippen molar-refractivity contribution in [3.63, 3.8) is 0 Å². The van der Waals surface area contributed by atoms with Crippen molar-refractivity contribution in [2.75, 3.05) is 0 Å². The first kappa shape index (κ1) is 20.8. The van der Waals surface area contributed by atoms with E-state index in [2.05, 4.69) is 20.0 Å². The summed E-state index contributed by atoms with van der Waals surface area (Å²) in [7, 11) is 0. The normalized spacial score (nSPS) is 38.3. The minimum absolute atomic E-state index is 0.118. The molecule has 0 heterocycles. The third-order valence-corrected chi connectivity index (χ3v) is 6.20. The van der Waals surface area contributed by atoms with E-state index in [1.165, 1.54) is 0 Å². The van der Waals surface area contributed by atoms with Gasteiger partial charge in [-0.2, -0.15) is 0 Å². The lowest BCUT2D eigenvalue weighted by atomic mass is 9.67. The van der Waals surface area contributed by atoms with Crippen molar-refractivity contribution in [2.24, 2.45) is 43.6 Å². The van der Waals surface area contributed by atoms with E-state index in [-0.39, 0.29) is 47.8 Å². The highest BCUT2D eigenvalue weighted by molar-refractivity contribution is 5.36. The Labute approximate surface area is 158 Å². The maximum atomic E-state index is 10.9. The zero-order valence-corrected chi connectivity index (χ0v) is 15.6. The Morgan fingerprint density at radius 3 is 1.26 bits per heavy atom. The van der Waals surface area contributed by atoms with Gasteiger partial charge in [-0.05, 0) is 55.8 Å². The van der Waals surface area contributed by atoms with Gasteiger partial charge in [0.15, 0.2) is 0 Å². The van der Waals surface area contributed by atoms with Crippen molar-refractivity contribution in [3.8, 4) is 0 Å². The lowest BCUT2D eigenvalue weighted by Crippen LogP contribution is -2.41. The van der Waals surface area contributed by atoms with Gasteiger partial charge in [-0.1, -0.05) is 13.8 Å². The Hall–Kier alpha value is -2.48. The zero-order chi connectivity index (χ0) is 19.8. The lowest BCUT2D eigenvalue weighted by molar-refractivity contribution is 0.139. The van der Waals surface area contributed by atoms with Gasteiger partial charge < -0.3 is 0 Å². The van der Waals surface area contributed by atoms with E-state index in [4.69, 9.17) is 0 Å². The maximum absolute atomic E-state index is 10.9. The molecule has 8 atom stereocenters. The van der Waals surface area contributed by atoms with E-state index in [0.29, 0.717) is 12.8 Å². The molecule has 0 saturated heterocycles. The van der Waals surface area contributed by atoms with Crippen molar-refractivity contribution in [2.45, 2.75) is 70.1 Å². The summed E-state index contributed by atoms with van der Waals surface area (Å²) >= 11 is 0. The smallest absolute Gasteiger partial charge is 0.211 e. The van der Waals surface area contributed by atoms with Crippen LogP contribution in [-0.2, 0) is 19.2 Å². The van der Waals surface area contributed by atoms with E-state index in [9.17, 15) is 19.2 Å². The maximum Gasteiger partial charge on any atom is 0.235 e. The van der Waals surface area contributed by atoms with Crippen molar-refractivity contribution in [1.29, 1.82) is 0 Å². The number of hydrogen-bond acceptors (Lipinski definition) is 8. The number of isocyanates is 4. The van der Waals surface area contributed by atoms with Gasteiger partial charge in [-0.15, -0.1) is 0 Å². The first-order valence-corrected chi connectivity index (χ1v) is 9.31. The third-order valence-electron chi connectivity index (χ3n) is 6.20. The quantitative estimate of drug-likeness (QED) is 0.525. The molecule has 0 aromatic heterocycles. The Morgan fingerprint density at radius 1 is 0.593 bits per heavy atom. The molecule has 27 heavy (non-hydrogen) atoms. The molecular weight excluding hydrogens is 348 g/mol. The highest BCUT2D eigenvalue weighted by atomic mass is 16.1. The van der Waals surface area contributed by atoms with Crippen molar-refractivity contribution >= 4 is 24.3 Å². The van der Waals surface area contributed by atoms with Gasteiger partial charge in [0.1, 0.15) is 0 Å². The Balaban J connectivity index is 2.18. The fourth-order valence-electron chi connectivity index (χ4n) is 4.77. The molecule has 0 aromatic carbocycles. The summed E-state index contributed by atoms with van der Waals surface area (Å²) in [5.74, 6) is 0.589. The van der Waals surface area contributed by atoms with Gasteiger partial charge >= 0.3 is 0 Å². The summed E-state index contributed by atoms with van der Waals surface area (Å²) in [6, 6.07) is -0.909. The number of rotatable bonds is 6. The number of aliphatic imine (C=N–C) groups is 4. The SMILES string of the molecule is CC1CC(CC2CC(C)C(N=C=O)CC2N=C=O)C(N=C=O)CC1N=C=O. The van der Waals surface area contributed by atoms with Gasteiger partial charge in [0, 0.05) is 0 Å². The van der Waals surface area contributed by atoms with E-state index < -0.39 is 0 Å². The lowest BCUT2D eigenvalue weighted by Gasteiger charge is -2.41. The molecule has 8 unspecified atom stereocenters. The fourth-order valence-corrected chi connectivity index (χ4v) is 4.77. The molecule has 0 aromatic rings. The van der Waals surface area contributed by atoms with E-state index >= 15 is 0 Å². The number of nitrogens with zero attached hydrogens (tertiary/aromatic N) is 4. The third kappa shape index (κ3) is 5.26. The molecule has 0 amide bonds. The van der Waals surface area contributed by atoms with Crippen LogP contribution in [0.1, 0.15) is 46.0 Å². The molecule has 2 aliphatic rings. The summed E-state index contributed by atoms with van der Waals surface area (Å²) < 4.78 is 0. The Bertz CT molecular complexity index is 655. The fraction of sp³-hybridized carbons (Fsp3) is 0.789. The first-order valence-electron chi connectivity index (χ1n) is 9.31. The Kier molecular flexibility index (Phi) is 7.72. The highest BCUT2D eigenvalue weighted by Crippen LogP contribution is 2.42. The van der Waals surface area contributed by atoms with Crippen LogP contribution in [0.4, 0.5) is 0 Å². The zero-order valence-electron chi connectivity index (χ0n) is 15.6. The summed E-state index contributed by atoms with van der Waals surface area (Å²) in [4.78, 5) is 58.6. The standard InChI is InChI=1S/C19H24N4O4/c1-12-3-14(18(22-10-26)6-16(12)20-8-24)5-15-4-13(2)17(21-9-25)7-19(15)23-11-27/h12-19H,3-7H2,1-2H3. The molecule has 8 heteroatoms. The molecule has 0 bridgehead atoms. The van der Waals surface area contributed by atoms with Gasteiger partial charge in [0.25, 0.3) is 0 Å². The second-order valence-electron chi connectivity index (χ2n) is 7.80.